The van der Waals surface area contributed by atoms with Crippen LogP contribution in [-0.2, 0) is 20.9 Å². The minimum Gasteiger partial charge on any atom is -0.508 e. The highest BCUT2D eigenvalue weighted by atomic mass is 16.5. The number of likely N-dealkylation sites (tertiary alicyclic amines) is 2. The zero-order chi connectivity index (χ0) is 19.2. The molecule has 0 bridgehead atoms. The second-order valence-electron chi connectivity index (χ2n) is 7.53. The molecule has 0 atom stereocenters. The highest BCUT2D eigenvalue weighted by Crippen LogP contribution is 2.26. The molecule has 0 saturated carbocycles. The molecule has 1 aromatic rings. The van der Waals surface area contributed by atoms with Gasteiger partial charge in [-0.1, -0.05) is 18.2 Å². The second kappa shape index (κ2) is 9.22. The summed E-state index contributed by atoms with van der Waals surface area (Å²) in [7, 11) is 0. The van der Waals surface area contributed by atoms with Gasteiger partial charge < -0.3 is 14.7 Å². The van der Waals surface area contributed by atoms with Crippen LogP contribution in [0.25, 0.3) is 0 Å². The van der Waals surface area contributed by atoms with Crippen molar-refractivity contribution >= 4 is 11.9 Å². The third kappa shape index (κ3) is 5.01. The number of aromatic hydroxyl groups is 1. The number of phenols is 1. The Bertz CT molecular complexity index is 647. The Kier molecular flexibility index (Phi) is 6.72. The molecule has 1 N–H and O–H groups in total. The zero-order valence-corrected chi connectivity index (χ0v) is 16.1. The van der Waals surface area contributed by atoms with Crippen molar-refractivity contribution < 1.29 is 19.4 Å². The minimum atomic E-state index is -0.123. The molecule has 148 valence electrons. The molecule has 0 radical (unpaired) electrons. The number of rotatable bonds is 5. The molecule has 0 spiro atoms. The van der Waals surface area contributed by atoms with Gasteiger partial charge in [-0.25, -0.2) is 0 Å². The van der Waals surface area contributed by atoms with Gasteiger partial charge in [0, 0.05) is 31.1 Å². The third-order valence-corrected chi connectivity index (χ3v) is 5.75. The maximum atomic E-state index is 12.8. The van der Waals surface area contributed by atoms with E-state index in [0.717, 1.165) is 38.0 Å². The summed E-state index contributed by atoms with van der Waals surface area (Å²) in [5.74, 6) is 0.459. The predicted molar refractivity (Wildman–Crippen MR) is 102 cm³/mol. The molecule has 2 saturated heterocycles. The molecular weight excluding hydrogens is 344 g/mol. The van der Waals surface area contributed by atoms with Crippen LogP contribution >= 0.6 is 0 Å². The Labute approximate surface area is 161 Å². The van der Waals surface area contributed by atoms with E-state index >= 15 is 0 Å². The van der Waals surface area contributed by atoms with Crippen LogP contribution in [0.15, 0.2) is 24.3 Å². The van der Waals surface area contributed by atoms with E-state index in [1.54, 1.807) is 6.07 Å². The van der Waals surface area contributed by atoms with Crippen LogP contribution in [-0.4, -0.2) is 59.6 Å². The maximum absolute atomic E-state index is 12.8. The lowest BCUT2D eigenvalue weighted by atomic mass is 9.92. The molecule has 0 aliphatic carbocycles. The number of esters is 1. The summed E-state index contributed by atoms with van der Waals surface area (Å²) in [5.41, 5.74) is 0.934. The molecule has 6 heteroatoms. The molecule has 2 heterocycles. The fourth-order valence-corrected chi connectivity index (χ4v) is 4.08. The molecule has 0 unspecified atom stereocenters. The number of phenolic OH excluding ortho intramolecular Hbond substituents is 1. The van der Waals surface area contributed by atoms with E-state index in [-0.39, 0.29) is 23.7 Å². The third-order valence-electron chi connectivity index (χ3n) is 5.75. The number of ether oxygens (including phenoxy) is 1. The first-order chi connectivity index (χ1) is 13.1. The van der Waals surface area contributed by atoms with Crippen molar-refractivity contribution in [2.24, 2.45) is 11.8 Å². The second-order valence-corrected chi connectivity index (χ2v) is 7.53. The lowest BCUT2D eigenvalue weighted by molar-refractivity contribution is -0.152. The van der Waals surface area contributed by atoms with E-state index in [1.165, 1.54) is 0 Å². The SMILES string of the molecule is CCOC(=O)C1CCN(C(=O)C2CCN(Cc3ccccc3O)CC2)CC1. The van der Waals surface area contributed by atoms with Crippen LogP contribution < -0.4 is 0 Å². The molecule has 27 heavy (non-hydrogen) atoms. The molecule has 2 fully saturated rings. The average Bonchev–Trinajstić information content (AvgIpc) is 2.70. The number of hydrogen-bond acceptors (Lipinski definition) is 5. The van der Waals surface area contributed by atoms with Gasteiger partial charge in [0.25, 0.3) is 0 Å². The average molecular weight is 374 g/mol. The van der Waals surface area contributed by atoms with Crippen LogP contribution in [0, 0.1) is 11.8 Å². The first-order valence-electron chi connectivity index (χ1n) is 10.0. The van der Waals surface area contributed by atoms with E-state index in [1.807, 2.05) is 30.0 Å². The monoisotopic (exact) mass is 374 g/mol. The lowest BCUT2D eigenvalue weighted by Gasteiger charge is -2.37. The quantitative estimate of drug-likeness (QED) is 0.802. The van der Waals surface area contributed by atoms with Crippen molar-refractivity contribution in [3.05, 3.63) is 29.8 Å². The fourth-order valence-electron chi connectivity index (χ4n) is 4.08. The van der Waals surface area contributed by atoms with Crippen molar-refractivity contribution in [1.82, 2.24) is 9.80 Å². The molecule has 6 nitrogen and oxygen atoms in total. The number of piperidine rings is 2. The van der Waals surface area contributed by atoms with Gasteiger partial charge in [-0.05, 0) is 51.8 Å². The zero-order valence-electron chi connectivity index (χ0n) is 16.1. The molecule has 0 aromatic heterocycles. The molecule has 3 rings (SSSR count). The first-order valence-corrected chi connectivity index (χ1v) is 10.0. The van der Waals surface area contributed by atoms with Crippen LogP contribution in [0.4, 0.5) is 0 Å². The van der Waals surface area contributed by atoms with Gasteiger partial charge in [0.2, 0.25) is 5.91 Å². The fraction of sp³-hybridized carbons (Fsp3) is 0.619. The summed E-state index contributed by atoms with van der Waals surface area (Å²) in [5, 5.41) is 9.93. The van der Waals surface area contributed by atoms with E-state index < -0.39 is 0 Å². The van der Waals surface area contributed by atoms with Gasteiger partial charge in [-0.3, -0.25) is 14.5 Å². The van der Waals surface area contributed by atoms with Crippen LogP contribution in [0.2, 0.25) is 0 Å². The van der Waals surface area contributed by atoms with Crippen molar-refractivity contribution in [3.8, 4) is 5.75 Å². The van der Waals surface area contributed by atoms with Gasteiger partial charge in [0.1, 0.15) is 5.75 Å². The van der Waals surface area contributed by atoms with Crippen molar-refractivity contribution in [1.29, 1.82) is 0 Å². The van der Waals surface area contributed by atoms with Gasteiger partial charge >= 0.3 is 5.97 Å². The molecule has 2 aliphatic heterocycles. The number of carbonyl (C=O) groups is 2. The van der Waals surface area contributed by atoms with Gasteiger partial charge in [0.15, 0.2) is 0 Å². The van der Waals surface area contributed by atoms with E-state index in [9.17, 15) is 14.7 Å². The summed E-state index contributed by atoms with van der Waals surface area (Å²) >= 11 is 0. The number of benzene rings is 1. The van der Waals surface area contributed by atoms with Gasteiger partial charge in [0.05, 0.1) is 12.5 Å². The highest BCUT2D eigenvalue weighted by Gasteiger charge is 2.33. The lowest BCUT2D eigenvalue weighted by Crippen LogP contribution is -2.46. The maximum Gasteiger partial charge on any atom is 0.309 e. The van der Waals surface area contributed by atoms with E-state index in [4.69, 9.17) is 4.74 Å². The van der Waals surface area contributed by atoms with E-state index in [0.29, 0.717) is 38.3 Å². The van der Waals surface area contributed by atoms with Crippen molar-refractivity contribution in [2.75, 3.05) is 32.8 Å². The Hall–Kier alpha value is -2.08. The summed E-state index contributed by atoms with van der Waals surface area (Å²) in [6.07, 6.45) is 3.11. The van der Waals surface area contributed by atoms with Gasteiger partial charge in [-0.15, -0.1) is 0 Å². The Balaban J connectivity index is 1.44. The molecule has 1 amide bonds. The standard InChI is InChI=1S/C21H30N2O4/c1-2-27-21(26)17-9-13-23(14-10-17)20(25)16-7-11-22(12-8-16)15-18-5-3-4-6-19(18)24/h3-6,16-17,24H,2,7-15H2,1H3. The van der Waals surface area contributed by atoms with Crippen LogP contribution in [0.1, 0.15) is 38.2 Å². The number of para-hydroxylation sites is 1. The number of carbonyl (C=O) groups excluding carboxylic acids is 2. The largest absolute Gasteiger partial charge is 0.508 e. The Morgan fingerprint density at radius 3 is 2.30 bits per heavy atom. The minimum absolute atomic E-state index is 0.0607. The number of amides is 1. The molecule has 2 aliphatic rings. The van der Waals surface area contributed by atoms with Crippen LogP contribution in [0.5, 0.6) is 5.75 Å². The van der Waals surface area contributed by atoms with Crippen LogP contribution in [0.3, 0.4) is 0 Å². The summed E-state index contributed by atoms with van der Waals surface area (Å²) in [4.78, 5) is 28.9. The van der Waals surface area contributed by atoms with E-state index in [2.05, 4.69) is 4.90 Å². The smallest absolute Gasteiger partial charge is 0.309 e. The van der Waals surface area contributed by atoms with Crippen molar-refractivity contribution in [2.45, 2.75) is 39.2 Å². The highest BCUT2D eigenvalue weighted by molar-refractivity contribution is 5.79. The Morgan fingerprint density at radius 1 is 1.04 bits per heavy atom. The predicted octanol–water partition coefficient (Wildman–Crippen LogP) is 2.41. The normalized spacial score (nSPS) is 19.8. The summed E-state index contributed by atoms with van der Waals surface area (Å²) in [6.45, 7) is 5.99. The summed E-state index contributed by atoms with van der Waals surface area (Å²) in [6, 6.07) is 7.42. The first kappa shape index (κ1) is 19.7. The van der Waals surface area contributed by atoms with Gasteiger partial charge in [-0.2, -0.15) is 0 Å². The number of hydrogen-bond donors (Lipinski definition) is 1. The molecule has 1 aromatic carbocycles. The number of nitrogens with zero attached hydrogens (tertiary/aromatic N) is 2. The Morgan fingerprint density at radius 2 is 1.67 bits per heavy atom. The van der Waals surface area contributed by atoms with Crippen molar-refractivity contribution in [3.63, 3.8) is 0 Å². The summed E-state index contributed by atoms with van der Waals surface area (Å²) < 4.78 is 5.10. The topological polar surface area (TPSA) is 70.1 Å². The molecular formula is C21H30N2O4.